The Balaban J connectivity index is 1.71. The molecule has 0 amide bonds. The minimum absolute atomic E-state index is 0.155. The highest BCUT2D eigenvalue weighted by atomic mass is 32.2. The van der Waals surface area contributed by atoms with Crippen LogP contribution < -0.4 is 4.72 Å². The molecule has 3 nitrogen and oxygen atoms in total. The third kappa shape index (κ3) is 4.11. The lowest BCUT2D eigenvalue weighted by Crippen LogP contribution is -2.09. The normalized spacial score (nSPS) is 11.7. The standard InChI is InChI=1S/C19H17F3N2OS/c1-12-18(13(2)25-24-12)15-7-5-6-14(10-15)11-23-26-17-9-4-3-8-16(17)19(20,21)22/h3-10,23H,11H2,1-2H3. The van der Waals surface area contributed by atoms with Gasteiger partial charge < -0.3 is 4.52 Å². The number of hydrogen-bond donors (Lipinski definition) is 1. The number of nitrogens with zero attached hydrogens (tertiary/aromatic N) is 1. The molecule has 0 radical (unpaired) electrons. The molecule has 2 aromatic carbocycles. The fourth-order valence-electron chi connectivity index (χ4n) is 2.72. The first-order valence-corrected chi connectivity index (χ1v) is 8.76. The van der Waals surface area contributed by atoms with E-state index in [1.54, 1.807) is 6.07 Å². The van der Waals surface area contributed by atoms with E-state index in [0.717, 1.165) is 46.2 Å². The summed E-state index contributed by atoms with van der Waals surface area (Å²) in [4.78, 5) is 0.155. The van der Waals surface area contributed by atoms with E-state index in [0.29, 0.717) is 6.54 Å². The molecule has 0 fully saturated rings. The van der Waals surface area contributed by atoms with Gasteiger partial charge in [0, 0.05) is 17.0 Å². The molecule has 3 aromatic rings. The van der Waals surface area contributed by atoms with Crippen LogP contribution in [0.25, 0.3) is 11.1 Å². The first-order chi connectivity index (χ1) is 12.4. The first-order valence-electron chi connectivity index (χ1n) is 7.94. The zero-order chi connectivity index (χ0) is 18.7. The highest BCUT2D eigenvalue weighted by molar-refractivity contribution is 7.97. The Bertz CT molecular complexity index is 886. The van der Waals surface area contributed by atoms with Gasteiger partial charge in [-0.3, -0.25) is 4.72 Å². The summed E-state index contributed by atoms with van der Waals surface area (Å²) in [5.41, 5.74) is 3.05. The number of rotatable bonds is 5. The van der Waals surface area contributed by atoms with Crippen LogP contribution >= 0.6 is 11.9 Å². The Hall–Kier alpha value is -2.25. The molecular formula is C19H17F3N2OS. The van der Waals surface area contributed by atoms with Crippen molar-refractivity contribution in [2.75, 3.05) is 0 Å². The van der Waals surface area contributed by atoms with E-state index in [-0.39, 0.29) is 4.90 Å². The van der Waals surface area contributed by atoms with Crippen LogP contribution in [-0.4, -0.2) is 5.16 Å². The smallest absolute Gasteiger partial charge is 0.361 e. The topological polar surface area (TPSA) is 38.1 Å². The Labute approximate surface area is 153 Å². The highest BCUT2D eigenvalue weighted by Crippen LogP contribution is 2.35. The van der Waals surface area contributed by atoms with Crippen molar-refractivity contribution >= 4 is 11.9 Å². The van der Waals surface area contributed by atoms with E-state index in [2.05, 4.69) is 9.88 Å². The van der Waals surface area contributed by atoms with Gasteiger partial charge >= 0.3 is 6.18 Å². The minimum atomic E-state index is -4.37. The maximum absolute atomic E-state index is 13.0. The predicted molar refractivity (Wildman–Crippen MR) is 95.6 cm³/mol. The van der Waals surface area contributed by atoms with Crippen molar-refractivity contribution < 1.29 is 17.7 Å². The van der Waals surface area contributed by atoms with Gasteiger partial charge in [0.25, 0.3) is 0 Å². The van der Waals surface area contributed by atoms with E-state index in [9.17, 15) is 13.2 Å². The molecule has 136 valence electrons. The SMILES string of the molecule is Cc1noc(C)c1-c1cccc(CNSc2ccccc2C(F)(F)F)c1. The van der Waals surface area contributed by atoms with Crippen LogP contribution in [0, 0.1) is 13.8 Å². The molecular weight excluding hydrogens is 361 g/mol. The highest BCUT2D eigenvalue weighted by Gasteiger charge is 2.33. The molecule has 0 atom stereocenters. The van der Waals surface area contributed by atoms with Crippen LogP contribution in [0.15, 0.2) is 57.9 Å². The number of aromatic nitrogens is 1. The summed E-state index contributed by atoms with van der Waals surface area (Å²) < 4.78 is 47.3. The van der Waals surface area contributed by atoms with Crippen molar-refractivity contribution in [2.45, 2.75) is 31.5 Å². The Morgan fingerprint density at radius 3 is 2.54 bits per heavy atom. The molecule has 0 aliphatic rings. The van der Waals surface area contributed by atoms with Crippen LogP contribution in [0.2, 0.25) is 0 Å². The lowest BCUT2D eigenvalue weighted by Gasteiger charge is -2.12. The van der Waals surface area contributed by atoms with Crippen molar-refractivity contribution in [3.63, 3.8) is 0 Å². The zero-order valence-corrected chi connectivity index (χ0v) is 15.0. The van der Waals surface area contributed by atoms with Gasteiger partial charge in [-0.25, -0.2) is 0 Å². The first kappa shape index (κ1) is 18.5. The monoisotopic (exact) mass is 378 g/mol. The fourth-order valence-corrected chi connectivity index (χ4v) is 3.55. The van der Waals surface area contributed by atoms with Crippen molar-refractivity contribution in [3.8, 4) is 11.1 Å². The van der Waals surface area contributed by atoms with Gasteiger partial charge in [-0.15, -0.1) is 0 Å². The largest absolute Gasteiger partial charge is 0.417 e. The predicted octanol–water partition coefficient (Wildman–Crippen LogP) is 5.77. The summed E-state index contributed by atoms with van der Waals surface area (Å²) >= 11 is 0.978. The lowest BCUT2D eigenvalue weighted by atomic mass is 10.0. The van der Waals surface area contributed by atoms with Crippen LogP contribution in [0.4, 0.5) is 13.2 Å². The molecule has 0 aliphatic carbocycles. The molecule has 26 heavy (non-hydrogen) atoms. The van der Waals surface area contributed by atoms with Gasteiger partial charge in [0.05, 0.1) is 11.3 Å². The molecule has 0 unspecified atom stereocenters. The van der Waals surface area contributed by atoms with E-state index in [1.165, 1.54) is 12.1 Å². The summed E-state index contributed by atoms with van der Waals surface area (Å²) in [6.45, 7) is 4.15. The molecule has 1 N–H and O–H groups in total. The maximum atomic E-state index is 13.0. The van der Waals surface area contributed by atoms with Gasteiger partial charge in [0.1, 0.15) is 5.76 Å². The van der Waals surface area contributed by atoms with Gasteiger partial charge in [-0.1, -0.05) is 35.5 Å². The van der Waals surface area contributed by atoms with Gasteiger partial charge in [-0.2, -0.15) is 13.2 Å². The Morgan fingerprint density at radius 2 is 1.85 bits per heavy atom. The molecule has 3 rings (SSSR count). The second-order valence-electron chi connectivity index (χ2n) is 5.82. The Morgan fingerprint density at radius 1 is 1.08 bits per heavy atom. The molecule has 1 aromatic heterocycles. The number of halogens is 3. The lowest BCUT2D eigenvalue weighted by molar-refractivity contribution is -0.139. The number of nitrogens with one attached hydrogen (secondary N) is 1. The van der Waals surface area contributed by atoms with E-state index >= 15 is 0 Å². The second-order valence-corrected chi connectivity index (χ2v) is 6.75. The van der Waals surface area contributed by atoms with Crippen molar-refractivity contribution in [1.82, 2.24) is 9.88 Å². The summed E-state index contributed by atoms with van der Waals surface area (Å²) in [5.74, 6) is 0.737. The second kappa shape index (κ2) is 7.55. The number of aryl methyl sites for hydroxylation is 2. The molecule has 0 aliphatic heterocycles. The summed E-state index contributed by atoms with van der Waals surface area (Å²) in [6.07, 6.45) is -4.37. The minimum Gasteiger partial charge on any atom is -0.361 e. The maximum Gasteiger partial charge on any atom is 0.417 e. The fraction of sp³-hybridized carbons (Fsp3) is 0.211. The average molecular weight is 378 g/mol. The number of benzene rings is 2. The third-order valence-electron chi connectivity index (χ3n) is 3.90. The van der Waals surface area contributed by atoms with Crippen molar-refractivity contribution in [1.29, 1.82) is 0 Å². The Kier molecular flexibility index (Phi) is 5.38. The van der Waals surface area contributed by atoms with E-state index in [1.807, 2.05) is 38.1 Å². The summed E-state index contributed by atoms with van der Waals surface area (Å²) in [5, 5.41) is 3.96. The number of hydrogen-bond acceptors (Lipinski definition) is 4. The van der Waals surface area contributed by atoms with Crippen LogP contribution in [-0.2, 0) is 12.7 Å². The van der Waals surface area contributed by atoms with Crippen molar-refractivity contribution in [3.05, 3.63) is 71.1 Å². The molecule has 0 bridgehead atoms. The quantitative estimate of drug-likeness (QED) is 0.572. The van der Waals surface area contributed by atoms with E-state index in [4.69, 9.17) is 4.52 Å². The zero-order valence-electron chi connectivity index (χ0n) is 14.2. The van der Waals surface area contributed by atoms with Gasteiger partial charge in [0.15, 0.2) is 0 Å². The number of alkyl halides is 3. The van der Waals surface area contributed by atoms with Crippen LogP contribution in [0.5, 0.6) is 0 Å². The van der Waals surface area contributed by atoms with Gasteiger partial charge in [0.2, 0.25) is 0 Å². The summed E-state index contributed by atoms with van der Waals surface area (Å²) in [6, 6.07) is 13.3. The third-order valence-corrected chi connectivity index (χ3v) is 4.76. The summed E-state index contributed by atoms with van der Waals surface area (Å²) in [7, 11) is 0. The van der Waals surface area contributed by atoms with Crippen LogP contribution in [0.1, 0.15) is 22.6 Å². The molecule has 0 saturated heterocycles. The van der Waals surface area contributed by atoms with Gasteiger partial charge in [-0.05, 0) is 55.1 Å². The van der Waals surface area contributed by atoms with Crippen molar-refractivity contribution in [2.24, 2.45) is 0 Å². The molecule has 0 saturated carbocycles. The van der Waals surface area contributed by atoms with Crippen LogP contribution in [0.3, 0.4) is 0 Å². The van der Waals surface area contributed by atoms with E-state index < -0.39 is 11.7 Å². The molecule has 1 heterocycles. The molecule has 7 heteroatoms. The average Bonchev–Trinajstić information content (AvgIpc) is 2.93. The molecule has 0 spiro atoms.